The molecule has 0 saturated carbocycles. The Bertz CT molecular complexity index is 1180. The zero-order chi connectivity index (χ0) is 26.7. The lowest BCUT2D eigenvalue weighted by molar-refractivity contribution is -0.202. The molecular formula is C26H24F7NO2. The summed E-state index contributed by atoms with van der Waals surface area (Å²) in [4.78, 5) is 0. The number of hydrogen-bond donors (Lipinski definition) is 2. The third kappa shape index (κ3) is 6.98. The van der Waals surface area contributed by atoms with E-state index in [9.17, 15) is 35.8 Å². The number of benzene rings is 3. The summed E-state index contributed by atoms with van der Waals surface area (Å²) in [5.41, 5.74) is -0.326. The number of halogens is 7. The van der Waals surface area contributed by atoms with Crippen LogP contribution < -0.4 is 10.1 Å². The summed E-state index contributed by atoms with van der Waals surface area (Å²) in [6.45, 7) is 2.99. The van der Waals surface area contributed by atoms with Gasteiger partial charge in [-0.2, -0.15) is 26.3 Å². The number of nitrogens with one attached hydrogen (secondary N) is 1. The molecule has 3 aromatic rings. The van der Waals surface area contributed by atoms with Crippen molar-refractivity contribution in [3.8, 4) is 11.5 Å². The van der Waals surface area contributed by atoms with Crippen molar-refractivity contribution in [3.63, 3.8) is 0 Å². The van der Waals surface area contributed by atoms with Gasteiger partial charge in [0, 0.05) is 12.1 Å². The second-order valence-corrected chi connectivity index (χ2v) is 8.53. The molecule has 0 aromatic heterocycles. The SMILES string of the molecule is CC(C)c1cccc(Oc2cccc(C(NCC(O)C(F)(F)F)c3ccc(C(F)(F)F)cc3F)c2)c1. The van der Waals surface area contributed by atoms with Crippen LogP contribution in [0.15, 0.2) is 66.7 Å². The molecule has 3 nitrogen and oxygen atoms in total. The summed E-state index contributed by atoms with van der Waals surface area (Å²) < 4.78 is 98.2. The molecule has 0 heterocycles. The highest BCUT2D eigenvalue weighted by Crippen LogP contribution is 2.34. The van der Waals surface area contributed by atoms with Crippen LogP contribution in [0.1, 0.15) is 48.1 Å². The summed E-state index contributed by atoms with van der Waals surface area (Å²) in [5, 5.41) is 11.8. The number of aliphatic hydroxyl groups is 1. The van der Waals surface area contributed by atoms with Gasteiger partial charge < -0.3 is 15.2 Å². The number of hydrogen-bond acceptors (Lipinski definition) is 3. The maximum absolute atomic E-state index is 14.8. The first-order valence-electron chi connectivity index (χ1n) is 11.0. The lowest BCUT2D eigenvalue weighted by Gasteiger charge is -2.24. The molecule has 0 amide bonds. The highest BCUT2D eigenvalue weighted by Gasteiger charge is 2.38. The van der Waals surface area contributed by atoms with E-state index in [0.717, 1.165) is 11.6 Å². The Hall–Kier alpha value is -3.11. The van der Waals surface area contributed by atoms with Crippen molar-refractivity contribution in [2.75, 3.05) is 6.54 Å². The smallest absolute Gasteiger partial charge is 0.416 e. The minimum absolute atomic E-state index is 0.223. The van der Waals surface area contributed by atoms with Crippen molar-refractivity contribution >= 4 is 0 Å². The minimum Gasteiger partial charge on any atom is -0.457 e. The zero-order valence-corrected chi connectivity index (χ0v) is 19.3. The molecule has 0 saturated heterocycles. The average Bonchev–Trinajstić information content (AvgIpc) is 2.79. The fraction of sp³-hybridized carbons (Fsp3) is 0.308. The van der Waals surface area contributed by atoms with Gasteiger partial charge in [0.25, 0.3) is 0 Å². The standard InChI is InChI=1S/C26H24F7NO2/c1-15(2)16-5-3-7-19(11-16)36-20-8-4-6-17(12-20)24(34-14-23(35)26(31,32)33)21-10-9-18(13-22(21)27)25(28,29)30/h3-13,15,23-24,34-35H,14H2,1-2H3. The predicted octanol–water partition coefficient (Wildman–Crippen LogP) is 7.36. The summed E-state index contributed by atoms with van der Waals surface area (Å²) in [6.07, 6.45) is -12.5. The van der Waals surface area contributed by atoms with Crippen molar-refractivity contribution in [1.29, 1.82) is 0 Å². The van der Waals surface area contributed by atoms with Gasteiger partial charge in [-0.1, -0.05) is 44.2 Å². The largest absolute Gasteiger partial charge is 0.457 e. The van der Waals surface area contributed by atoms with Crippen molar-refractivity contribution in [3.05, 3.63) is 94.8 Å². The normalized spacial score (nSPS) is 14.1. The first-order chi connectivity index (χ1) is 16.8. The van der Waals surface area contributed by atoms with Gasteiger partial charge >= 0.3 is 12.4 Å². The number of aliphatic hydroxyl groups excluding tert-OH is 1. The third-order valence-corrected chi connectivity index (χ3v) is 5.48. The first-order valence-corrected chi connectivity index (χ1v) is 11.0. The van der Waals surface area contributed by atoms with E-state index in [-0.39, 0.29) is 28.9 Å². The Morgan fingerprint density at radius 3 is 1.94 bits per heavy atom. The van der Waals surface area contributed by atoms with Crippen molar-refractivity contribution in [1.82, 2.24) is 5.32 Å². The van der Waals surface area contributed by atoms with Crippen LogP contribution >= 0.6 is 0 Å². The molecule has 0 fully saturated rings. The van der Waals surface area contributed by atoms with Crippen molar-refractivity contribution in [2.45, 2.75) is 44.3 Å². The predicted molar refractivity (Wildman–Crippen MR) is 120 cm³/mol. The molecule has 2 unspecified atom stereocenters. The highest BCUT2D eigenvalue weighted by atomic mass is 19.4. The van der Waals surface area contributed by atoms with Crippen LogP contribution in [0.5, 0.6) is 11.5 Å². The van der Waals surface area contributed by atoms with Crippen LogP contribution in [0, 0.1) is 5.82 Å². The molecule has 3 rings (SSSR count). The fourth-order valence-electron chi connectivity index (χ4n) is 3.52. The van der Waals surface area contributed by atoms with E-state index in [1.165, 1.54) is 18.2 Å². The zero-order valence-electron chi connectivity index (χ0n) is 19.3. The lowest BCUT2D eigenvalue weighted by atomic mass is 9.96. The average molecular weight is 515 g/mol. The van der Waals surface area contributed by atoms with E-state index in [0.29, 0.717) is 11.8 Å². The molecule has 0 spiro atoms. The Morgan fingerprint density at radius 1 is 0.833 bits per heavy atom. The number of alkyl halides is 6. The minimum atomic E-state index is -4.94. The topological polar surface area (TPSA) is 41.5 Å². The fourth-order valence-corrected chi connectivity index (χ4v) is 3.52. The maximum Gasteiger partial charge on any atom is 0.416 e. The van der Waals surface area contributed by atoms with Crippen LogP contribution in [-0.2, 0) is 6.18 Å². The summed E-state index contributed by atoms with van der Waals surface area (Å²) in [6, 6.07) is 13.7. The van der Waals surface area contributed by atoms with E-state index >= 15 is 0 Å². The molecule has 0 aliphatic rings. The Morgan fingerprint density at radius 2 is 1.42 bits per heavy atom. The molecule has 0 bridgehead atoms. The molecule has 36 heavy (non-hydrogen) atoms. The van der Waals surface area contributed by atoms with Gasteiger partial charge in [0.05, 0.1) is 11.6 Å². The number of ether oxygens (including phenoxy) is 1. The summed E-state index contributed by atoms with van der Waals surface area (Å²) >= 11 is 0. The molecule has 194 valence electrons. The molecule has 0 aliphatic heterocycles. The van der Waals surface area contributed by atoms with Gasteiger partial charge in [0.15, 0.2) is 6.10 Å². The van der Waals surface area contributed by atoms with Gasteiger partial charge in [0.1, 0.15) is 17.3 Å². The molecular weight excluding hydrogens is 491 g/mol. The molecule has 0 aliphatic carbocycles. The monoisotopic (exact) mass is 515 g/mol. The van der Waals surface area contributed by atoms with Crippen LogP contribution in [0.4, 0.5) is 30.7 Å². The van der Waals surface area contributed by atoms with Crippen LogP contribution in [0.2, 0.25) is 0 Å². The molecule has 2 atom stereocenters. The highest BCUT2D eigenvalue weighted by molar-refractivity contribution is 5.41. The van der Waals surface area contributed by atoms with E-state index in [1.54, 1.807) is 18.2 Å². The van der Waals surface area contributed by atoms with Crippen molar-refractivity contribution < 1.29 is 40.6 Å². The van der Waals surface area contributed by atoms with Gasteiger partial charge in [-0.25, -0.2) is 4.39 Å². The molecule has 0 radical (unpaired) electrons. The van der Waals surface area contributed by atoms with Gasteiger partial charge in [0.2, 0.25) is 0 Å². The van der Waals surface area contributed by atoms with E-state index in [4.69, 9.17) is 4.74 Å². The second-order valence-electron chi connectivity index (χ2n) is 8.53. The van der Waals surface area contributed by atoms with E-state index < -0.39 is 42.4 Å². The molecule has 3 aromatic carbocycles. The van der Waals surface area contributed by atoms with Gasteiger partial charge in [-0.3, -0.25) is 0 Å². The van der Waals surface area contributed by atoms with Crippen LogP contribution in [-0.4, -0.2) is 23.9 Å². The Balaban J connectivity index is 1.97. The van der Waals surface area contributed by atoms with E-state index in [2.05, 4.69) is 5.32 Å². The lowest BCUT2D eigenvalue weighted by Crippen LogP contribution is -2.40. The first kappa shape index (κ1) is 27.5. The Labute approximate surface area is 203 Å². The van der Waals surface area contributed by atoms with Crippen molar-refractivity contribution in [2.24, 2.45) is 0 Å². The third-order valence-electron chi connectivity index (χ3n) is 5.48. The van der Waals surface area contributed by atoms with E-state index in [1.807, 2.05) is 26.0 Å². The Kier molecular flexibility index (Phi) is 8.30. The molecule has 10 heteroatoms. The van der Waals surface area contributed by atoms with Gasteiger partial charge in [-0.05, 0) is 53.4 Å². The van der Waals surface area contributed by atoms with Crippen LogP contribution in [0.25, 0.3) is 0 Å². The second kappa shape index (κ2) is 10.9. The summed E-state index contributed by atoms with van der Waals surface area (Å²) in [7, 11) is 0. The number of rotatable bonds is 8. The summed E-state index contributed by atoms with van der Waals surface area (Å²) in [5.74, 6) is -0.254. The maximum atomic E-state index is 14.8. The quantitative estimate of drug-likeness (QED) is 0.308. The van der Waals surface area contributed by atoms with Crippen LogP contribution in [0.3, 0.4) is 0 Å². The van der Waals surface area contributed by atoms with Gasteiger partial charge in [-0.15, -0.1) is 0 Å². The molecule has 2 N–H and O–H groups in total.